The Morgan fingerprint density at radius 2 is 1.44 bits per heavy atom. The van der Waals surface area contributed by atoms with Gasteiger partial charge in [-0.3, -0.25) is 9.80 Å². The molecule has 0 spiro atoms. The molecule has 1 aromatic rings. The summed E-state index contributed by atoms with van der Waals surface area (Å²) in [6.07, 6.45) is 12.0. The Bertz CT molecular complexity index is 681. The third-order valence-corrected chi connectivity index (χ3v) is 8.77. The average molecular weight is 499 g/mol. The molecule has 1 saturated heterocycles. The highest BCUT2D eigenvalue weighted by atomic mass is 15.4. The van der Waals surface area contributed by atoms with Gasteiger partial charge in [0.15, 0.2) is 0 Å². The zero-order chi connectivity index (χ0) is 25.8. The fourth-order valence-corrected chi connectivity index (χ4v) is 6.45. The minimum absolute atomic E-state index is 0.161. The first-order valence-corrected chi connectivity index (χ1v) is 15.5. The third-order valence-electron chi connectivity index (χ3n) is 8.77. The van der Waals surface area contributed by atoms with Crippen LogP contribution in [0.5, 0.6) is 0 Å². The van der Waals surface area contributed by atoms with Gasteiger partial charge in [0.1, 0.15) is 0 Å². The van der Waals surface area contributed by atoms with E-state index in [0.717, 1.165) is 31.6 Å². The van der Waals surface area contributed by atoms with Gasteiger partial charge in [-0.2, -0.15) is 0 Å². The van der Waals surface area contributed by atoms with Gasteiger partial charge in [-0.15, -0.1) is 0 Å². The molecule has 2 unspecified atom stereocenters. The number of nitrogens with one attached hydrogen (secondary N) is 2. The summed E-state index contributed by atoms with van der Waals surface area (Å²) in [5.74, 6) is 2.39. The van der Waals surface area contributed by atoms with Gasteiger partial charge in [-0.05, 0) is 43.6 Å². The first-order valence-electron chi connectivity index (χ1n) is 15.5. The number of unbranched alkanes of at least 4 members (excludes halogenated alkanes) is 2. The van der Waals surface area contributed by atoms with Crippen LogP contribution in [0.4, 0.5) is 0 Å². The lowest BCUT2D eigenvalue weighted by Crippen LogP contribution is -2.65. The molecule has 1 aliphatic heterocycles. The first kappa shape index (κ1) is 29.6. The maximum absolute atomic E-state index is 4.02. The van der Waals surface area contributed by atoms with Crippen LogP contribution >= 0.6 is 0 Å². The van der Waals surface area contributed by atoms with Crippen molar-refractivity contribution in [1.82, 2.24) is 20.4 Å². The van der Waals surface area contributed by atoms with E-state index in [2.05, 4.69) is 85.4 Å². The third kappa shape index (κ3) is 9.74. The molecule has 4 atom stereocenters. The minimum Gasteiger partial charge on any atom is -0.312 e. The summed E-state index contributed by atoms with van der Waals surface area (Å²) >= 11 is 0. The second-order valence-electron chi connectivity index (χ2n) is 12.3. The lowest BCUT2D eigenvalue weighted by atomic mass is 9.93. The van der Waals surface area contributed by atoms with Crippen LogP contribution in [0.3, 0.4) is 0 Å². The van der Waals surface area contributed by atoms with E-state index >= 15 is 0 Å². The lowest BCUT2D eigenvalue weighted by Gasteiger charge is -2.48. The van der Waals surface area contributed by atoms with Gasteiger partial charge in [0.05, 0.1) is 6.67 Å². The highest BCUT2D eigenvalue weighted by molar-refractivity contribution is 5.27. The van der Waals surface area contributed by atoms with Crippen molar-refractivity contribution in [2.24, 2.45) is 11.8 Å². The molecule has 1 aromatic carbocycles. The van der Waals surface area contributed by atoms with Crippen LogP contribution < -0.4 is 10.6 Å². The summed E-state index contributed by atoms with van der Waals surface area (Å²) < 4.78 is 0. The van der Waals surface area contributed by atoms with E-state index in [9.17, 15) is 0 Å². The van der Waals surface area contributed by atoms with E-state index in [-0.39, 0.29) is 5.54 Å². The molecule has 2 N–H and O–H groups in total. The molecule has 2 aliphatic rings. The molecule has 0 aromatic heterocycles. The molecule has 4 heteroatoms. The number of hydrogen-bond acceptors (Lipinski definition) is 4. The molecule has 0 amide bonds. The summed E-state index contributed by atoms with van der Waals surface area (Å²) in [5.41, 5.74) is 1.66. The minimum atomic E-state index is 0.161. The SMILES string of the molecule is CCCCC(CC)CN1CN(CC(CC)CCCC)CC(C)(NCCN[C@H]2C[C@@H]2c2ccccc2)C1. The molecule has 0 radical (unpaired) electrons. The summed E-state index contributed by atoms with van der Waals surface area (Å²) in [6.45, 7) is 20.1. The predicted octanol–water partition coefficient (Wildman–Crippen LogP) is 6.49. The number of benzene rings is 1. The fraction of sp³-hybridized carbons (Fsp3) is 0.812. The van der Waals surface area contributed by atoms with E-state index in [4.69, 9.17) is 0 Å². The van der Waals surface area contributed by atoms with E-state index < -0.39 is 0 Å². The first-order chi connectivity index (χ1) is 17.5. The summed E-state index contributed by atoms with van der Waals surface area (Å²) in [5, 5.41) is 7.84. The highest BCUT2D eigenvalue weighted by Gasteiger charge is 2.38. The van der Waals surface area contributed by atoms with Crippen molar-refractivity contribution in [1.29, 1.82) is 0 Å². The van der Waals surface area contributed by atoms with E-state index in [0.29, 0.717) is 12.0 Å². The highest BCUT2D eigenvalue weighted by Crippen LogP contribution is 2.40. The van der Waals surface area contributed by atoms with Gasteiger partial charge < -0.3 is 10.6 Å². The smallest absolute Gasteiger partial charge is 0.0507 e. The van der Waals surface area contributed by atoms with Crippen LogP contribution in [-0.4, -0.2) is 67.3 Å². The molecule has 1 aliphatic carbocycles. The van der Waals surface area contributed by atoms with Crippen LogP contribution in [0.1, 0.15) is 104 Å². The Labute approximate surface area is 224 Å². The molecule has 1 saturated carbocycles. The largest absolute Gasteiger partial charge is 0.312 e. The molecular weight excluding hydrogens is 440 g/mol. The van der Waals surface area contributed by atoms with Gasteiger partial charge in [-0.25, -0.2) is 0 Å². The van der Waals surface area contributed by atoms with Crippen LogP contribution in [0.15, 0.2) is 30.3 Å². The Morgan fingerprint density at radius 3 is 1.97 bits per heavy atom. The lowest BCUT2D eigenvalue weighted by molar-refractivity contribution is 0.00519. The summed E-state index contributed by atoms with van der Waals surface area (Å²) in [7, 11) is 0. The monoisotopic (exact) mass is 498 g/mol. The zero-order valence-corrected chi connectivity index (χ0v) is 24.4. The maximum atomic E-state index is 4.02. The zero-order valence-electron chi connectivity index (χ0n) is 24.4. The second-order valence-corrected chi connectivity index (χ2v) is 12.3. The maximum Gasteiger partial charge on any atom is 0.0507 e. The van der Waals surface area contributed by atoms with Crippen molar-refractivity contribution < 1.29 is 0 Å². The molecule has 3 rings (SSSR count). The van der Waals surface area contributed by atoms with Crippen LogP contribution in [0, 0.1) is 11.8 Å². The Morgan fingerprint density at radius 1 is 0.861 bits per heavy atom. The van der Waals surface area contributed by atoms with Crippen molar-refractivity contribution in [3.63, 3.8) is 0 Å². The van der Waals surface area contributed by atoms with Crippen molar-refractivity contribution in [3.8, 4) is 0 Å². The topological polar surface area (TPSA) is 30.5 Å². The Hall–Kier alpha value is -0.940. The Balaban J connectivity index is 1.52. The Kier molecular flexibility index (Phi) is 12.7. The molecule has 0 bridgehead atoms. The van der Waals surface area contributed by atoms with Gasteiger partial charge in [-0.1, -0.05) is 96.6 Å². The van der Waals surface area contributed by atoms with Crippen molar-refractivity contribution in [2.45, 2.75) is 110 Å². The normalized spacial score (nSPS) is 26.7. The molecule has 1 heterocycles. The van der Waals surface area contributed by atoms with Gasteiger partial charge >= 0.3 is 0 Å². The van der Waals surface area contributed by atoms with E-state index in [1.165, 1.54) is 89.5 Å². The van der Waals surface area contributed by atoms with Crippen molar-refractivity contribution in [2.75, 3.05) is 45.9 Å². The summed E-state index contributed by atoms with van der Waals surface area (Å²) in [6, 6.07) is 11.7. The predicted molar refractivity (Wildman–Crippen MR) is 157 cm³/mol. The van der Waals surface area contributed by atoms with E-state index in [1.807, 2.05) is 0 Å². The molecule has 2 fully saturated rings. The fourth-order valence-electron chi connectivity index (χ4n) is 6.45. The quantitative estimate of drug-likeness (QED) is 0.227. The van der Waals surface area contributed by atoms with Crippen LogP contribution in [0.2, 0.25) is 0 Å². The average Bonchev–Trinajstić information content (AvgIpc) is 3.67. The van der Waals surface area contributed by atoms with Gasteiger partial charge in [0, 0.05) is 56.8 Å². The molecule has 4 nitrogen and oxygen atoms in total. The molecular formula is C32H58N4. The summed E-state index contributed by atoms with van der Waals surface area (Å²) in [4.78, 5) is 5.57. The van der Waals surface area contributed by atoms with Crippen LogP contribution in [-0.2, 0) is 0 Å². The molecule has 206 valence electrons. The van der Waals surface area contributed by atoms with Gasteiger partial charge in [0.2, 0.25) is 0 Å². The van der Waals surface area contributed by atoms with Gasteiger partial charge in [0.25, 0.3) is 0 Å². The van der Waals surface area contributed by atoms with Crippen LogP contribution in [0.25, 0.3) is 0 Å². The standard InChI is InChI=1S/C32H58N4/c1-6-10-15-27(8-3)22-35-24-32(5,25-36(26-35)23-28(9-4)16-11-7-2)34-20-19-33-31-21-30(31)29-17-13-12-14-18-29/h12-14,17-18,27-28,30-31,33-34H,6-11,15-16,19-26H2,1-5H3/t27?,28?,30-,31+,32?/m1/s1. The number of nitrogens with zero attached hydrogens (tertiary/aromatic N) is 2. The van der Waals surface area contributed by atoms with Crippen molar-refractivity contribution in [3.05, 3.63) is 35.9 Å². The van der Waals surface area contributed by atoms with E-state index in [1.54, 1.807) is 0 Å². The number of hydrogen-bond donors (Lipinski definition) is 2. The van der Waals surface area contributed by atoms with Crippen molar-refractivity contribution >= 4 is 0 Å². The second kappa shape index (κ2) is 15.5. The number of rotatable bonds is 18. The molecule has 36 heavy (non-hydrogen) atoms.